The Kier molecular flexibility index (Phi) is 7.78. The predicted octanol–water partition coefficient (Wildman–Crippen LogP) is 5.72. The molecule has 0 heterocycles. The van der Waals surface area contributed by atoms with Crippen LogP contribution in [0.5, 0.6) is 0 Å². The van der Waals surface area contributed by atoms with E-state index >= 15 is 0 Å². The highest BCUT2D eigenvalue weighted by molar-refractivity contribution is 8.13. The summed E-state index contributed by atoms with van der Waals surface area (Å²) in [7, 11) is 0. The minimum Gasteiger partial charge on any atom is -0.363 e. The average Bonchev–Trinajstić information content (AvgIpc) is 3.08. The summed E-state index contributed by atoms with van der Waals surface area (Å²) in [5.74, 6) is 3.58. The first-order valence-electron chi connectivity index (χ1n) is 9.97. The lowest BCUT2D eigenvalue weighted by molar-refractivity contribution is 0.115. The SMILES string of the molecule is CCC1CC(C2CCCC2)CC(CC)C1N=C(NC(C)C)SC. The Balaban J connectivity index is 2.12. The molecular weight excluding hydrogens is 300 g/mol. The summed E-state index contributed by atoms with van der Waals surface area (Å²) in [6.45, 7) is 9.17. The molecule has 0 amide bonds. The molecule has 2 aliphatic rings. The van der Waals surface area contributed by atoms with Gasteiger partial charge in [0.25, 0.3) is 0 Å². The normalized spacial score (nSPS) is 33.4. The first-order chi connectivity index (χ1) is 11.1. The fourth-order valence-corrected chi connectivity index (χ4v) is 5.49. The van der Waals surface area contributed by atoms with E-state index in [0.717, 1.165) is 28.8 Å². The van der Waals surface area contributed by atoms with Crippen molar-refractivity contribution < 1.29 is 0 Å². The summed E-state index contributed by atoms with van der Waals surface area (Å²) < 4.78 is 0. The molecule has 0 radical (unpaired) electrons. The van der Waals surface area contributed by atoms with E-state index in [1.807, 2.05) is 0 Å². The summed E-state index contributed by atoms with van der Waals surface area (Å²) in [4.78, 5) is 5.23. The van der Waals surface area contributed by atoms with Gasteiger partial charge in [-0.25, -0.2) is 0 Å². The third-order valence-electron chi connectivity index (χ3n) is 6.16. The van der Waals surface area contributed by atoms with Crippen molar-refractivity contribution in [1.29, 1.82) is 0 Å². The van der Waals surface area contributed by atoms with Gasteiger partial charge in [0, 0.05) is 6.04 Å². The number of hydrogen-bond donors (Lipinski definition) is 1. The van der Waals surface area contributed by atoms with Crippen molar-refractivity contribution in [3.05, 3.63) is 0 Å². The topological polar surface area (TPSA) is 24.4 Å². The highest BCUT2D eigenvalue weighted by atomic mass is 32.2. The fraction of sp³-hybridized carbons (Fsp3) is 0.950. The Hall–Kier alpha value is -0.180. The van der Waals surface area contributed by atoms with Crippen molar-refractivity contribution in [2.24, 2.45) is 28.7 Å². The molecule has 0 spiro atoms. The van der Waals surface area contributed by atoms with E-state index in [4.69, 9.17) is 4.99 Å². The van der Waals surface area contributed by atoms with Gasteiger partial charge in [-0.15, -0.1) is 0 Å². The van der Waals surface area contributed by atoms with Crippen molar-refractivity contribution in [2.75, 3.05) is 6.26 Å². The minimum atomic E-state index is 0.469. The van der Waals surface area contributed by atoms with Gasteiger partial charge in [0.15, 0.2) is 5.17 Å². The second-order valence-electron chi connectivity index (χ2n) is 8.04. The van der Waals surface area contributed by atoms with Gasteiger partial charge in [-0.1, -0.05) is 64.1 Å². The van der Waals surface area contributed by atoms with Crippen LogP contribution in [0.4, 0.5) is 0 Å². The van der Waals surface area contributed by atoms with Crippen LogP contribution in [-0.4, -0.2) is 23.5 Å². The lowest BCUT2D eigenvalue weighted by atomic mass is 9.66. The maximum Gasteiger partial charge on any atom is 0.156 e. The van der Waals surface area contributed by atoms with Crippen LogP contribution in [0.15, 0.2) is 4.99 Å². The van der Waals surface area contributed by atoms with E-state index in [1.165, 1.54) is 51.4 Å². The van der Waals surface area contributed by atoms with E-state index < -0.39 is 0 Å². The Morgan fingerprint density at radius 1 is 1.04 bits per heavy atom. The standard InChI is InChI=1S/C20H38N2S/c1-6-15-12-18(17-10-8-9-11-17)13-16(7-2)19(15)22-20(23-5)21-14(3)4/h14-19H,6-13H2,1-5H3,(H,21,22). The van der Waals surface area contributed by atoms with Crippen LogP contribution in [0.3, 0.4) is 0 Å². The third-order valence-corrected chi connectivity index (χ3v) is 6.77. The maximum absolute atomic E-state index is 5.23. The second kappa shape index (κ2) is 9.34. The molecule has 2 aliphatic carbocycles. The van der Waals surface area contributed by atoms with Crippen LogP contribution in [-0.2, 0) is 0 Å². The van der Waals surface area contributed by atoms with Crippen LogP contribution in [0.25, 0.3) is 0 Å². The van der Waals surface area contributed by atoms with Gasteiger partial charge in [-0.2, -0.15) is 0 Å². The minimum absolute atomic E-state index is 0.469. The number of amidine groups is 1. The molecule has 0 aromatic carbocycles. The molecule has 23 heavy (non-hydrogen) atoms. The van der Waals surface area contributed by atoms with Crippen LogP contribution in [0, 0.1) is 23.7 Å². The first kappa shape index (κ1) is 19.1. The van der Waals surface area contributed by atoms with Crippen LogP contribution in [0.1, 0.15) is 79.1 Å². The molecule has 0 aromatic heterocycles. The van der Waals surface area contributed by atoms with E-state index in [2.05, 4.69) is 39.3 Å². The molecule has 2 fully saturated rings. The predicted molar refractivity (Wildman–Crippen MR) is 105 cm³/mol. The third kappa shape index (κ3) is 5.14. The number of hydrogen-bond acceptors (Lipinski definition) is 2. The van der Waals surface area contributed by atoms with Crippen LogP contribution < -0.4 is 5.32 Å². The van der Waals surface area contributed by atoms with Gasteiger partial charge in [0.1, 0.15) is 0 Å². The number of nitrogens with one attached hydrogen (secondary N) is 1. The summed E-state index contributed by atoms with van der Waals surface area (Å²) in [6, 6.07) is 1.01. The molecular formula is C20H38N2S. The zero-order valence-electron chi connectivity index (χ0n) is 16.0. The molecule has 2 rings (SSSR count). The molecule has 2 nitrogen and oxygen atoms in total. The summed E-state index contributed by atoms with van der Waals surface area (Å²) in [6.07, 6.45) is 13.5. The Bertz CT molecular complexity index is 360. The van der Waals surface area contributed by atoms with Gasteiger partial charge in [-0.3, -0.25) is 4.99 Å². The number of nitrogens with zero attached hydrogens (tertiary/aromatic N) is 1. The molecule has 0 aromatic rings. The van der Waals surface area contributed by atoms with Crippen molar-refractivity contribution >= 4 is 16.9 Å². The van der Waals surface area contributed by atoms with E-state index in [0.29, 0.717) is 12.1 Å². The highest BCUT2D eigenvalue weighted by Crippen LogP contribution is 2.46. The van der Waals surface area contributed by atoms with Crippen molar-refractivity contribution in [1.82, 2.24) is 5.32 Å². The van der Waals surface area contributed by atoms with Crippen molar-refractivity contribution in [3.63, 3.8) is 0 Å². The first-order valence-corrected chi connectivity index (χ1v) is 11.2. The van der Waals surface area contributed by atoms with Crippen molar-refractivity contribution in [2.45, 2.75) is 91.1 Å². The molecule has 134 valence electrons. The molecule has 0 aliphatic heterocycles. The van der Waals surface area contributed by atoms with Gasteiger partial charge in [0.05, 0.1) is 6.04 Å². The molecule has 2 atom stereocenters. The average molecular weight is 339 g/mol. The summed E-state index contributed by atoms with van der Waals surface area (Å²) >= 11 is 1.78. The number of aliphatic imine (C=N–C) groups is 1. The zero-order valence-corrected chi connectivity index (χ0v) is 16.8. The monoisotopic (exact) mass is 338 g/mol. The quantitative estimate of drug-likeness (QED) is 0.512. The Morgan fingerprint density at radius 2 is 1.61 bits per heavy atom. The largest absolute Gasteiger partial charge is 0.363 e. The van der Waals surface area contributed by atoms with Gasteiger partial charge in [-0.05, 0) is 56.6 Å². The highest BCUT2D eigenvalue weighted by Gasteiger charge is 2.39. The molecule has 1 N–H and O–H groups in total. The number of rotatable bonds is 5. The second-order valence-corrected chi connectivity index (χ2v) is 8.84. The van der Waals surface area contributed by atoms with Crippen LogP contribution >= 0.6 is 11.8 Å². The van der Waals surface area contributed by atoms with Gasteiger partial charge < -0.3 is 5.32 Å². The zero-order chi connectivity index (χ0) is 16.8. The maximum atomic E-state index is 5.23. The van der Waals surface area contributed by atoms with E-state index in [9.17, 15) is 0 Å². The molecule has 3 heteroatoms. The van der Waals surface area contributed by atoms with E-state index in [1.54, 1.807) is 11.8 Å². The lowest BCUT2D eigenvalue weighted by Gasteiger charge is -2.42. The Labute approximate surface area is 148 Å². The van der Waals surface area contributed by atoms with Crippen LogP contribution in [0.2, 0.25) is 0 Å². The fourth-order valence-electron chi connectivity index (χ4n) is 4.91. The van der Waals surface area contributed by atoms with E-state index in [-0.39, 0.29) is 0 Å². The molecule has 0 saturated heterocycles. The Morgan fingerprint density at radius 3 is 2.04 bits per heavy atom. The van der Waals surface area contributed by atoms with Gasteiger partial charge >= 0.3 is 0 Å². The lowest BCUT2D eigenvalue weighted by Crippen LogP contribution is -2.39. The smallest absolute Gasteiger partial charge is 0.156 e. The molecule has 0 bridgehead atoms. The number of thioether (sulfide) groups is 1. The van der Waals surface area contributed by atoms with Gasteiger partial charge in [0.2, 0.25) is 0 Å². The van der Waals surface area contributed by atoms with Crippen molar-refractivity contribution in [3.8, 4) is 0 Å². The summed E-state index contributed by atoms with van der Waals surface area (Å²) in [5.41, 5.74) is 0. The molecule has 2 saturated carbocycles. The summed E-state index contributed by atoms with van der Waals surface area (Å²) in [5, 5.41) is 4.70. The molecule has 2 unspecified atom stereocenters.